The Bertz CT molecular complexity index is 1820. The molecule has 0 aliphatic carbocycles. The van der Waals surface area contributed by atoms with Crippen molar-refractivity contribution in [3.05, 3.63) is 74.7 Å². The Morgan fingerprint density at radius 2 is 1.80 bits per heavy atom. The number of aromatic nitrogens is 4. The summed E-state index contributed by atoms with van der Waals surface area (Å²) in [6.45, 7) is 0.360. The third kappa shape index (κ3) is 3.29. The quantitative estimate of drug-likeness (QED) is 0.383. The molecular formula is C25H19N5O4S. The maximum atomic E-state index is 13.5. The Hall–Kier alpha value is -4.44. The van der Waals surface area contributed by atoms with E-state index in [0.717, 1.165) is 4.88 Å². The van der Waals surface area contributed by atoms with Crippen molar-refractivity contribution < 1.29 is 14.3 Å². The summed E-state index contributed by atoms with van der Waals surface area (Å²) in [7, 11) is 3.04. The topological polar surface area (TPSA) is 111 Å². The van der Waals surface area contributed by atoms with Crippen molar-refractivity contribution in [2.45, 2.75) is 6.54 Å². The van der Waals surface area contributed by atoms with Crippen molar-refractivity contribution in [3.63, 3.8) is 0 Å². The minimum Gasteiger partial charge on any atom is -0.493 e. The van der Waals surface area contributed by atoms with Crippen LogP contribution in [0.4, 0.5) is 0 Å². The fourth-order valence-electron chi connectivity index (χ4n) is 4.29. The van der Waals surface area contributed by atoms with Gasteiger partial charge in [0.25, 0.3) is 11.5 Å². The van der Waals surface area contributed by atoms with Crippen molar-refractivity contribution in [2.24, 2.45) is 0 Å². The monoisotopic (exact) mass is 485 g/mol. The number of para-hydroxylation sites is 2. The SMILES string of the molecule is COc1cc2c(=O)[nH]c3c(C(=O)NCc4cccs4)c4nc5ccccc5nc4n3c2cc1OC. The van der Waals surface area contributed by atoms with Gasteiger partial charge in [-0.3, -0.25) is 14.0 Å². The maximum absolute atomic E-state index is 13.5. The van der Waals surface area contributed by atoms with Gasteiger partial charge < -0.3 is 19.8 Å². The van der Waals surface area contributed by atoms with E-state index >= 15 is 0 Å². The van der Waals surface area contributed by atoms with Gasteiger partial charge in [0.2, 0.25) is 0 Å². The highest BCUT2D eigenvalue weighted by molar-refractivity contribution is 7.09. The fourth-order valence-corrected chi connectivity index (χ4v) is 4.94. The van der Waals surface area contributed by atoms with Gasteiger partial charge >= 0.3 is 0 Å². The Morgan fingerprint density at radius 3 is 2.51 bits per heavy atom. The van der Waals surface area contributed by atoms with Gasteiger partial charge in [0.15, 0.2) is 17.1 Å². The second-order valence-electron chi connectivity index (χ2n) is 7.88. The van der Waals surface area contributed by atoms with E-state index in [-0.39, 0.29) is 17.0 Å². The summed E-state index contributed by atoms with van der Waals surface area (Å²) in [4.78, 5) is 40.1. The number of aromatic amines is 1. The van der Waals surface area contributed by atoms with E-state index in [2.05, 4.69) is 10.3 Å². The molecule has 9 nitrogen and oxygen atoms in total. The molecule has 0 aliphatic heterocycles. The number of carbonyl (C=O) groups excluding carboxylic acids is 1. The van der Waals surface area contributed by atoms with Crippen molar-refractivity contribution in [1.29, 1.82) is 0 Å². The summed E-state index contributed by atoms with van der Waals surface area (Å²) in [6.07, 6.45) is 0. The molecule has 35 heavy (non-hydrogen) atoms. The zero-order chi connectivity index (χ0) is 24.1. The van der Waals surface area contributed by atoms with Gasteiger partial charge in [0, 0.05) is 10.9 Å². The molecule has 6 rings (SSSR count). The molecule has 0 radical (unpaired) electrons. The number of ether oxygens (including phenoxy) is 2. The molecule has 0 saturated carbocycles. The molecule has 0 fully saturated rings. The van der Waals surface area contributed by atoms with Gasteiger partial charge in [-0.2, -0.15) is 0 Å². The number of hydrogen-bond acceptors (Lipinski definition) is 7. The van der Waals surface area contributed by atoms with E-state index in [9.17, 15) is 9.59 Å². The van der Waals surface area contributed by atoms with Gasteiger partial charge in [-0.15, -0.1) is 11.3 Å². The van der Waals surface area contributed by atoms with E-state index in [0.29, 0.717) is 56.8 Å². The molecule has 4 heterocycles. The van der Waals surface area contributed by atoms with Gasteiger partial charge in [-0.1, -0.05) is 18.2 Å². The molecule has 1 amide bonds. The molecule has 10 heteroatoms. The molecule has 4 aromatic heterocycles. The average molecular weight is 486 g/mol. The number of carbonyl (C=O) groups is 1. The number of fused-ring (bicyclic) bond motifs is 6. The van der Waals surface area contributed by atoms with Crippen LogP contribution in [0, 0.1) is 0 Å². The Morgan fingerprint density at radius 1 is 1.06 bits per heavy atom. The number of rotatable bonds is 5. The summed E-state index contributed by atoms with van der Waals surface area (Å²) in [5, 5.41) is 5.27. The second-order valence-corrected chi connectivity index (χ2v) is 8.92. The van der Waals surface area contributed by atoms with E-state index in [1.54, 1.807) is 27.9 Å². The number of amides is 1. The molecule has 2 N–H and O–H groups in total. The lowest BCUT2D eigenvalue weighted by atomic mass is 10.2. The summed E-state index contributed by atoms with van der Waals surface area (Å²) in [6, 6.07) is 14.6. The number of thiophene rings is 1. The predicted molar refractivity (Wildman–Crippen MR) is 135 cm³/mol. The lowest BCUT2D eigenvalue weighted by molar-refractivity contribution is 0.0954. The summed E-state index contributed by atoms with van der Waals surface area (Å²) in [5.41, 5.74) is 2.88. The summed E-state index contributed by atoms with van der Waals surface area (Å²) in [5.74, 6) is 0.518. The van der Waals surface area contributed by atoms with Crippen LogP contribution in [-0.2, 0) is 6.54 Å². The zero-order valence-electron chi connectivity index (χ0n) is 18.8. The van der Waals surface area contributed by atoms with E-state index in [1.165, 1.54) is 14.2 Å². The molecule has 0 aliphatic rings. The van der Waals surface area contributed by atoms with Crippen LogP contribution in [0.5, 0.6) is 11.5 Å². The van der Waals surface area contributed by atoms with Crippen LogP contribution in [0.2, 0.25) is 0 Å². The molecular weight excluding hydrogens is 466 g/mol. The smallest absolute Gasteiger partial charge is 0.259 e. The van der Waals surface area contributed by atoms with Crippen molar-refractivity contribution in [3.8, 4) is 11.5 Å². The Labute approximate surface area is 202 Å². The zero-order valence-corrected chi connectivity index (χ0v) is 19.6. The van der Waals surface area contributed by atoms with E-state index in [1.807, 2.05) is 41.8 Å². The highest BCUT2D eigenvalue weighted by atomic mass is 32.1. The molecule has 6 aromatic rings. The lowest BCUT2D eigenvalue weighted by Gasteiger charge is -2.11. The minimum absolute atomic E-state index is 0.253. The van der Waals surface area contributed by atoms with Crippen LogP contribution < -0.4 is 20.3 Å². The van der Waals surface area contributed by atoms with Crippen LogP contribution in [0.1, 0.15) is 15.2 Å². The molecule has 0 bridgehead atoms. The number of nitrogens with one attached hydrogen (secondary N) is 2. The van der Waals surface area contributed by atoms with Crippen LogP contribution in [0.3, 0.4) is 0 Å². The predicted octanol–water partition coefficient (Wildman–Crippen LogP) is 3.89. The van der Waals surface area contributed by atoms with Crippen LogP contribution in [0.25, 0.3) is 38.7 Å². The third-order valence-electron chi connectivity index (χ3n) is 5.91. The number of benzene rings is 2. The molecule has 0 saturated heterocycles. The molecule has 174 valence electrons. The van der Waals surface area contributed by atoms with Crippen LogP contribution in [-0.4, -0.2) is 39.5 Å². The third-order valence-corrected chi connectivity index (χ3v) is 6.79. The van der Waals surface area contributed by atoms with Crippen molar-refractivity contribution in [2.75, 3.05) is 14.2 Å². The normalized spacial score (nSPS) is 11.5. The summed E-state index contributed by atoms with van der Waals surface area (Å²) >= 11 is 1.55. The van der Waals surface area contributed by atoms with Crippen LogP contribution in [0.15, 0.2) is 58.7 Å². The number of hydrogen-bond donors (Lipinski definition) is 2. The number of nitrogens with zero attached hydrogens (tertiary/aromatic N) is 3. The first-order chi connectivity index (χ1) is 17.1. The summed E-state index contributed by atoms with van der Waals surface area (Å²) < 4.78 is 12.6. The van der Waals surface area contributed by atoms with Crippen molar-refractivity contribution >= 4 is 56.0 Å². The first-order valence-electron chi connectivity index (χ1n) is 10.8. The maximum Gasteiger partial charge on any atom is 0.259 e. The molecule has 0 unspecified atom stereocenters. The highest BCUT2D eigenvalue weighted by Crippen LogP contribution is 2.34. The van der Waals surface area contributed by atoms with E-state index in [4.69, 9.17) is 19.4 Å². The van der Waals surface area contributed by atoms with Gasteiger partial charge in [-0.05, 0) is 29.6 Å². The molecule has 0 atom stereocenters. The van der Waals surface area contributed by atoms with Crippen molar-refractivity contribution in [1.82, 2.24) is 24.7 Å². The van der Waals surface area contributed by atoms with E-state index < -0.39 is 0 Å². The number of H-pyrrole nitrogens is 1. The van der Waals surface area contributed by atoms with Gasteiger partial charge in [0.05, 0.1) is 42.7 Å². The minimum atomic E-state index is -0.367. The first-order valence-corrected chi connectivity index (χ1v) is 11.7. The second kappa shape index (κ2) is 8.10. The fraction of sp³-hybridized carbons (Fsp3) is 0.120. The highest BCUT2D eigenvalue weighted by Gasteiger charge is 2.25. The van der Waals surface area contributed by atoms with Gasteiger partial charge in [0.1, 0.15) is 16.7 Å². The largest absolute Gasteiger partial charge is 0.493 e. The Kier molecular flexibility index (Phi) is 4.89. The molecule has 2 aromatic carbocycles. The van der Waals surface area contributed by atoms with Gasteiger partial charge in [-0.25, -0.2) is 9.97 Å². The average Bonchev–Trinajstić information content (AvgIpc) is 3.51. The molecule has 0 spiro atoms. The first kappa shape index (κ1) is 21.1. The number of methoxy groups -OCH3 is 2. The standard InChI is InChI=1S/C25H19N5O4S/c1-33-18-10-14-17(11-19(18)34-2)30-22(29-24(14)31)20(25(32)26-12-13-6-5-9-35-13)21-23(30)28-16-8-4-3-7-15(16)27-21/h3-11H,12H2,1-2H3,(H,26,32)(H,29,31). The lowest BCUT2D eigenvalue weighted by Crippen LogP contribution is -2.23. The van der Waals surface area contributed by atoms with Crippen LogP contribution >= 0.6 is 11.3 Å². The Balaban J connectivity index is 1.71.